The van der Waals surface area contributed by atoms with Gasteiger partial charge in [-0.25, -0.2) is 0 Å². The van der Waals surface area contributed by atoms with Gasteiger partial charge in [-0.05, 0) is 75.0 Å². The largest absolute Gasteiger partial charge is 0.300 e. The Bertz CT molecular complexity index is 1010. The van der Waals surface area contributed by atoms with Crippen LogP contribution in [0.25, 0.3) is 0 Å². The van der Waals surface area contributed by atoms with Crippen LogP contribution in [-0.4, -0.2) is 17.3 Å². The number of benzene rings is 2. The lowest BCUT2D eigenvalue weighted by molar-refractivity contribution is -0.129. The van der Waals surface area contributed by atoms with E-state index in [1.165, 1.54) is 30.0 Å². The van der Waals surface area contributed by atoms with Crippen molar-refractivity contribution >= 4 is 17.3 Å². The second kappa shape index (κ2) is 17.9. The molecule has 0 saturated carbocycles. The summed E-state index contributed by atoms with van der Waals surface area (Å²) in [5.41, 5.74) is 5.88. The summed E-state index contributed by atoms with van der Waals surface area (Å²) in [5.74, 6) is 0.782. The van der Waals surface area contributed by atoms with Crippen LogP contribution < -0.4 is 0 Å². The maximum absolute atomic E-state index is 12.9. The number of rotatable bonds is 10. The van der Waals surface area contributed by atoms with Crippen molar-refractivity contribution in [3.63, 3.8) is 0 Å². The van der Waals surface area contributed by atoms with E-state index in [9.17, 15) is 14.4 Å². The molecule has 3 nitrogen and oxygen atoms in total. The van der Waals surface area contributed by atoms with Crippen molar-refractivity contribution in [2.75, 3.05) is 0 Å². The molecular weight excluding hydrogens is 468 g/mol. The van der Waals surface area contributed by atoms with E-state index in [2.05, 4.69) is 58.9 Å². The molecule has 0 amide bonds. The van der Waals surface area contributed by atoms with Crippen molar-refractivity contribution in [2.45, 2.75) is 113 Å². The minimum atomic E-state index is -0.0662. The zero-order valence-corrected chi connectivity index (χ0v) is 25.4. The van der Waals surface area contributed by atoms with E-state index in [-0.39, 0.29) is 35.6 Å². The molecule has 0 heterocycles. The predicted molar refractivity (Wildman–Crippen MR) is 161 cm³/mol. The smallest absolute Gasteiger partial charge is 0.163 e. The summed E-state index contributed by atoms with van der Waals surface area (Å²) in [5, 5.41) is 0. The van der Waals surface area contributed by atoms with Crippen LogP contribution >= 0.6 is 0 Å². The number of aryl methyl sites for hydroxylation is 3. The summed E-state index contributed by atoms with van der Waals surface area (Å²) in [4.78, 5) is 37.1. The van der Waals surface area contributed by atoms with Gasteiger partial charge < -0.3 is 0 Å². The van der Waals surface area contributed by atoms with Crippen LogP contribution in [0.4, 0.5) is 0 Å². The first kappa shape index (κ1) is 33.5. The third kappa shape index (κ3) is 10.7. The van der Waals surface area contributed by atoms with E-state index in [1.54, 1.807) is 0 Å². The van der Waals surface area contributed by atoms with Gasteiger partial charge in [0.15, 0.2) is 5.78 Å². The number of ketones is 3. The molecule has 3 atom stereocenters. The Kier molecular flexibility index (Phi) is 15.7. The summed E-state index contributed by atoms with van der Waals surface area (Å²) in [6.07, 6.45) is 7.42. The van der Waals surface area contributed by atoms with Crippen LogP contribution in [-0.2, 0) is 22.4 Å². The van der Waals surface area contributed by atoms with Gasteiger partial charge in [0, 0.05) is 17.9 Å². The topological polar surface area (TPSA) is 51.2 Å². The summed E-state index contributed by atoms with van der Waals surface area (Å²) < 4.78 is 0. The Morgan fingerprint density at radius 3 is 2.03 bits per heavy atom. The van der Waals surface area contributed by atoms with Crippen LogP contribution in [0.3, 0.4) is 0 Å². The fraction of sp³-hybridized carbons (Fsp3) is 0.571. The van der Waals surface area contributed by atoms with Crippen molar-refractivity contribution in [2.24, 2.45) is 17.8 Å². The molecule has 210 valence electrons. The third-order valence-electron chi connectivity index (χ3n) is 7.33. The quantitative estimate of drug-likeness (QED) is 0.294. The lowest BCUT2D eigenvalue weighted by Gasteiger charge is -2.32. The standard InChI is InChI=1S/C25H36O3.C7H8.C3H8/c1-6-9-20(21(8-3)23(27)12-17(5)26)13-18-14-22-19(7-2)11-10-16(4)25(22)24(28)15-18;1-7-5-3-2-4-6-7;1-3-2/h10-11,18,20-21H,6-9,12-15H2,1-5H3;2-6H,1H3;3H2,1-2H3. The molecule has 0 fully saturated rings. The zero-order valence-electron chi connectivity index (χ0n) is 25.4. The Morgan fingerprint density at radius 2 is 1.55 bits per heavy atom. The Labute approximate surface area is 232 Å². The van der Waals surface area contributed by atoms with E-state index in [0.29, 0.717) is 12.3 Å². The molecule has 2 aromatic carbocycles. The molecule has 3 unspecified atom stereocenters. The fourth-order valence-corrected chi connectivity index (χ4v) is 5.67. The highest BCUT2D eigenvalue weighted by molar-refractivity contribution is 6.00. The lowest BCUT2D eigenvalue weighted by atomic mass is 9.71. The highest BCUT2D eigenvalue weighted by atomic mass is 16.1. The molecule has 0 saturated heterocycles. The molecule has 1 aliphatic carbocycles. The molecule has 3 rings (SSSR count). The summed E-state index contributed by atoms with van der Waals surface area (Å²) in [6.45, 7) is 16.2. The van der Waals surface area contributed by atoms with Crippen molar-refractivity contribution in [1.29, 1.82) is 0 Å². The Balaban J connectivity index is 0.000000605. The minimum Gasteiger partial charge on any atom is -0.300 e. The number of hydrogen-bond acceptors (Lipinski definition) is 3. The normalized spacial score (nSPS) is 15.7. The molecule has 2 aromatic rings. The monoisotopic (exact) mass is 520 g/mol. The molecule has 3 heteroatoms. The first-order chi connectivity index (χ1) is 18.1. The molecule has 0 radical (unpaired) electrons. The third-order valence-corrected chi connectivity index (χ3v) is 7.33. The Hall–Kier alpha value is -2.55. The van der Waals surface area contributed by atoms with Gasteiger partial charge in [0.05, 0.1) is 6.42 Å². The van der Waals surface area contributed by atoms with Gasteiger partial charge >= 0.3 is 0 Å². The average molecular weight is 521 g/mol. The molecule has 1 aliphatic rings. The molecular formula is C35H52O3. The SMILES string of the molecule is CCC.CCCC(CC1CC(=O)c2c(C)ccc(CC)c2C1)C(CC)C(=O)CC(C)=O.Cc1ccccc1. The van der Waals surface area contributed by atoms with Gasteiger partial charge in [0.1, 0.15) is 11.6 Å². The highest BCUT2D eigenvalue weighted by Crippen LogP contribution is 2.37. The second-order valence-corrected chi connectivity index (χ2v) is 11.0. The van der Waals surface area contributed by atoms with E-state index in [1.807, 2.05) is 32.0 Å². The van der Waals surface area contributed by atoms with Gasteiger partial charge in [-0.2, -0.15) is 0 Å². The summed E-state index contributed by atoms with van der Waals surface area (Å²) in [7, 11) is 0. The molecule has 0 spiro atoms. The van der Waals surface area contributed by atoms with E-state index in [4.69, 9.17) is 0 Å². The summed E-state index contributed by atoms with van der Waals surface area (Å²) >= 11 is 0. The maximum atomic E-state index is 12.9. The van der Waals surface area contributed by atoms with Gasteiger partial charge in [0.2, 0.25) is 0 Å². The highest BCUT2D eigenvalue weighted by Gasteiger charge is 2.33. The maximum Gasteiger partial charge on any atom is 0.163 e. The van der Waals surface area contributed by atoms with E-state index >= 15 is 0 Å². The van der Waals surface area contributed by atoms with Crippen LogP contribution in [0.2, 0.25) is 0 Å². The van der Waals surface area contributed by atoms with Crippen LogP contribution in [0.1, 0.15) is 119 Å². The predicted octanol–water partition coefficient (Wildman–Crippen LogP) is 9.09. The molecule has 0 N–H and O–H groups in total. The molecule has 0 aliphatic heterocycles. The number of fused-ring (bicyclic) bond motifs is 1. The summed E-state index contributed by atoms with van der Waals surface area (Å²) in [6, 6.07) is 14.5. The van der Waals surface area contributed by atoms with E-state index in [0.717, 1.165) is 49.7 Å². The molecule has 0 aromatic heterocycles. The van der Waals surface area contributed by atoms with Crippen LogP contribution in [0.5, 0.6) is 0 Å². The minimum absolute atomic E-state index is 0.0460. The number of Topliss-reactive ketones (excluding diaryl/α,β-unsaturated/α-hetero) is 3. The van der Waals surface area contributed by atoms with Crippen molar-refractivity contribution in [3.05, 3.63) is 70.3 Å². The molecule has 0 bridgehead atoms. The molecule has 38 heavy (non-hydrogen) atoms. The zero-order chi connectivity index (χ0) is 28.7. The van der Waals surface area contributed by atoms with Crippen molar-refractivity contribution in [1.82, 2.24) is 0 Å². The Morgan fingerprint density at radius 1 is 0.921 bits per heavy atom. The van der Waals surface area contributed by atoms with E-state index < -0.39 is 0 Å². The van der Waals surface area contributed by atoms with Crippen molar-refractivity contribution < 1.29 is 14.4 Å². The second-order valence-electron chi connectivity index (χ2n) is 11.0. The number of hydrogen-bond donors (Lipinski definition) is 0. The average Bonchev–Trinajstić information content (AvgIpc) is 2.85. The number of carbonyl (C=O) groups excluding carboxylic acids is 3. The first-order valence-corrected chi connectivity index (χ1v) is 14.8. The first-order valence-electron chi connectivity index (χ1n) is 14.8. The van der Waals surface area contributed by atoms with Crippen LogP contribution in [0.15, 0.2) is 42.5 Å². The van der Waals surface area contributed by atoms with Gasteiger partial charge in [-0.1, -0.05) is 102 Å². The fourth-order valence-electron chi connectivity index (χ4n) is 5.67. The van der Waals surface area contributed by atoms with Crippen molar-refractivity contribution in [3.8, 4) is 0 Å². The van der Waals surface area contributed by atoms with Gasteiger partial charge in [-0.3, -0.25) is 14.4 Å². The van der Waals surface area contributed by atoms with Gasteiger partial charge in [-0.15, -0.1) is 0 Å². The van der Waals surface area contributed by atoms with Crippen LogP contribution in [0, 0.1) is 31.6 Å². The number of carbonyl (C=O) groups is 3. The van der Waals surface area contributed by atoms with Gasteiger partial charge in [0.25, 0.3) is 0 Å². The lowest BCUT2D eigenvalue weighted by Crippen LogP contribution is -2.30.